The van der Waals surface area contributed by atoms with Crippen LogP contribution in [0, 0.1) is 0 Å². The molecular formula is C26H28N4O2. The van der Waals surface area contributed by atoms with Gasteiger partial charge in [-0.2, -0.15) is 0 Å². The average molecular weight is 429 g/mol. The second kappa shape index (κ2) is 8.99. The van der Waals surface area contributed by atoms with Crippen molar-refractivity contribution in [2.45, 2.75) is 25.2 Å². The van der Waals surface area contributed by atoms with Gasteiger partial charge in [0.15, 0.2) is 0 Å². The van der Waals surface area contributed by atoms with Crippen molar-refractivity contribution in [3.05, 3.63) is 71.9 Å². The van der Waals surface area contributed by atoms with Crippen LogP contribution < -0.4 is 10.2 Å². The van der Waals surface area contributed by atoms with Gasteiger partial charge in [0.1, 0.15) is 0 Å². The summed E-state index contributed by atoms with van der Waals surface area (Å²) >= 11 is 0. The van der Waals surface area contributed by atoms with Crippen LogP contribution in [-0.2, 0) is 4.79 Å². The highest BCUT2D eigenvalue weighted by Gasteiger charge is 2.27. The van der Waals surface area contributed by atoms with E-state index in [-0.39, 0.29) is 11.8 Å². The molecule has 2 aromatic carbocycles. The van der Waals surface area contributed by atoms with Gasteiger partial charge in [-0.05, 0) is 37.1 Å². The summed E-state index contributed by atoms with van der Waals surface area (Å²) in [6.07, 6.45) is 2.59. The average Bonchev–Trinajstić information content (AvgIpc) is 3.69. The molecule has 3 aromatic rings. The Morgan fingerprint density at radius 2 is 1.66 bits per heavy atom. The molecule has 1 aromatic heterocycles. The number of hydrogen-bond acceptors (Lipinski definition) is 4. The minimum atomic E-state index is -0.132. The Balaban J connectivity index is 1.16. The first-order chi connectivity index (χ1) is 15.7. The highest BCUT2D eigenvalue weighted by Crippen LogP contribution is 2.40. The fraction of sp³-hybridized carbons (Fsp3) is 0.346. The highest BCUT2D eigenvalue weighted by atomic mass is 16.2. The minimum Gasteiger partial charge on any atom is -0.368 e. The van der Waals surface area contributed by atoms with Crippen molar-refractivity contribution >= 4 is 28.4 Å². The van der Waals surface area contributed by atoms with Gasteiger partial charge >= 0.3 is 0 Å². The molecule has 6 nitrogen and oxygen atoms in total. The first-order valence-electron chi connectivity index (χ1n) is 11.4. The number of piperazine rings is 1. The van der Waals surface area contributed by atoms with E-state index < -0.39 is 0 Å². The number of amides is 2. The van der Waals surface area contributed by atoms with Crippen LogP contribution in [0.1, 0.15) is 41.2 Å². The maximum atomic E-state index is 12.9. The Kier molecular flexibility index (Phi) is 5.75. The molecule has 1 saturated heterocycles. The second-order valence-corrected chi connectivity index (χ2v) is 8.60. The van der Waals surface area contributed by atoms with E-state index in [0.29, 0.717) is 37.5 Å². The Morgan fingerprint density at radius 1 is 0.938 bits per heavy atom. The maximum Gasteiger partial charge on any atom is 0.252 e. The summed E-state index contributed by atoms with van der Waals surface area (Å²) in [6.45, 7) is 3.42. The number of nitrogens with one attached hydrogen (secondary N) is 1. The smallest absolute Gasteiger partial charge is 0.252 e. The molecule has 2 amide bonds. The van der Waals surface area contributed by atoms with E-state index in [1.54, 1.807) is 0 Å². The van der Waals surface area contributed by atoms with Crippen LogP contribution in [-0.4, -0.2) is 54.4 Å². The number of benzene rings is 2. The van der Waals surface area contributed by atoms with Gasteiger partial charge in [-0.1, -0.05) is 36.4 Å². The number of anilines is 1. The standard InChI is InChI=1S/C26H28N4O2/c31-25(30-16-14-29(15-17-30)20-6-2-1-3-7-20)12-13-27-26(32)22-18-24(19-10-11-19)28-23-9-5-4-8-21(22)23/h1-9,18-19H,10-17H2,(H,27,32). The largest absolute Gasteiger partial charge is 0.368 e. The van der Waals surface area contributed by atoms with Crippen LogP contribution >= 0.6 is 0 Å². The molecule has 6 heteroatoms. The molecule has 32 heavy (non-hydrogen) atoms. The van der Waals surface area contributed by atoms with E-state index in [0.717, 1.165) is 42.5 Å². The van der Waals surface area contributed by atoms with Crippen LogP contribution in [0.15, 0.2) is 60.7 Å². The topological polar surface area (TPSA) is 65.5 Å². The molecule has 1 N–H and O–H groups in total. The van der Waals surface area contributed by atoms with Crippen molar-refractivity contribution in [1.82, 2.24) is 15.2 Å². The second-order valence-electron chi connectivity index (χ2n) is 8.60. The molecule has 0 radical (unpaired) electrons. The third-order valence-corrected chi connectivity index (χ3v) is 6.35. The molecule has 0 unspecified atom stereocenters. The summed E-state index contributed by atoms with van der Waals surface area (Å²) in [5.74, 6) is 0.436. The molecule has 5 rings (SSSR count). The summed E-state index contributed by atoms with van der Waals surface area (Å²) in [6, 6.07) is 20.0. The number of nitrogens with zero attached hydrogens (tertiary/aromatic N) is 3. The number of carbonyl (C=O) groups excluding carboxylic acids is 2. The van der Waals surface area contributed by atoms with E-state index in [1.807, 2.05) is 53.4 Å². The first-order valence-corrected chi connectivity index (χ1v) is 11.4. The zero-order chi connectivity index (χ0) is 21.9. The Labute approximate surface area is 188 Å². The Bertz CT molecular complexity index is 1120. The Hall–Kier alpha value is -3.41. The van der Waals surface area contributed by atoms with Crippen molar-refractivity contribution in [1.29, 1.82) is 0 Å². The summed E-state index contributed by atoms with van der Waals surface area (Å²) in [4.78, 5) is 34.5. The van der Waals surface area contributed by atoms with Gasteiger partial charge in [0.2, 0.25) is 5.91 Å². The molecule has 0 spiro atoms. The van der Waals surface area contributed by atoms with E-state index in [9.17, 15) is 9.59 Å². The summed E-state index contributed by atoms with van der Waals surface area (Å²) in [5, 5.41) is 3.82. The first kappa shape index (κ1) is 20.5. The maximum absolute atomic E-state index is 12.9. The lowest BCUT2D eigenvalue weighted by molar-refractivity contribution is -0.131. The van der Waals surface area contributed by atoms with Crippen LogP contribution in [0.5, 0.6) is 0 Å². The lowest BCUT2D eigenvalue weighted by atomic mass is 10.1. The van der Waals surface area contributed by atoms with E-state index in [2.05, 4.69) is 22.3 Å². The fourth-order valence-electron chi connectivity index (χ4n) is 4.36. The SMILES string of the molecule is O=C(NCCC(=O)N1CCN(c2ccccc2)CC1)c1cc(C2CC2)nc2ccccc12. The molecule has 0 bridgehead atoms. The molecule has 2 heterocycles. The Morgan fingerprint density at radius 3 is 2.41 bits per heavy atom. The van der Waals surface area contributed by atoms with Crippen molar-refractivity contribution in [3.8, 4) is 0 Å². The van der Waals surface area contributed by atoms with Gasteiger partial charge in [0.25, 0.3) is 5.91 Å². The predicted octanol–water partition coefficient (Wildman–Crippen LogP) is 3.58. The van der Waals surface area contributed by atoms with Crippen molar-refractivity contribution in [3.63, 3.8) is 0 Å². The van der Waals surface area contributed by atoms with Gasteiger partial charge in [-0.15, -0.1) is 0 Å². The van der Waals surface area contributed by atoms with Gasteiger partial charge in [0.05, 0.1) is 11.1 Å². The lowest BCUT2D eigenvalue weighted by Crippen LogP contribution is -2.49. The fourth-order valence-corrected chi connectivity index (χ4v) is 4.36. The van der Waals surface area contributed by atoms with E-state index >= 15 is 0 Å². The van der Waals surface area contributed by atoms with Gasteiger partial charge in [-0.25, -0.2) is 0 Å². The van der Waals surface area contributed by atoms with E-state index in [1.165, 1.54) is 5.69 Å². The summed E-state index contributed by atoms with van der Waals surface area (Å²) in [7, 11) is 0. The number of hydrogen-bond donors (Lipinski definition) is 1. The van der Waals surface area contributed by atoms with Crippen LogP contribution in [0.4, 0.5) is 5.69 Å². The molecule has 1 aliphatic heterocycles. The van der Waals surface area contributed by atoms with Crippen molar-refractivity contribution in [2.75, 3.05) is 37.6 Å². The normalized spacial score (nSPS) is 16.2. The zero-order valence-corrected chi connectivity index (χ0v) is 18.2. The summed E-state index contributed by atoms with van der Waals surface area (Å²) in [5.41, 5.74) is 3.71. The van der Waals surface area contributed by atoms with Gasteiger partial charge in [-0.3, -0.25) is 14.6 Å². The number of pyridine rings is 1. The molecular weight excluding hydrogens is 400 g/mol. The molecule has 1 saturated carbocycles. The molecule has 1 aliphatic carbocycles. The number of para-hydroxylation sites is 2. The monoisotopic (exact) mass is 428 g/mol. The lowest BCUT2D eigenvalue weighted by Gasteiger charge is -2.36. The third kappa shape index (κ3) is 4.44. The van der Waals surface area contributed by atoms with Crippen molar-refractivity contribution in [2.24, 2.45) is 0 Å². The zero-order valence-electron chi connectivity index (χ0n) is 18.2. The van der Waals surface area contributed by atoms with Crippen molar-refractivity contribution < 1.29 is 9.59 Å². The molecule has 164 valence electrons. The summed E-state index contributed by atoms with van der Waals surface area (Å²) < 4.78 is 0. The number of fused-ring (bicyclic) bond motifs is 1. The van der Waals surface area contributed by atoms with Gasteiger partial charge < -0.3 is 15.1 Å². The third-order valence-electron chi connectivity index (χ3n) is 6.35. The number of aromatic nitrogens is 1. The minimum absolute atomic E-state index is 0.0938. The quantitative estimate of drug-likeness (QED) is 0.652. The molecule has 0 atom stereocenters. The highest BCUT2D eigenvalue weighted by molar-refractivity contribution is 6.06. The predicted molar refractivity (Wildman–Crippen MR) is 126 cm³/mol. The van der Waals surface area contributed by atoms with Crippen LogP contribution in [0.25, 0.3) is 10.9 Å². The van der Waals surface area contributed by atoms with Crippen LogP contribution in [0.2, 0.25) is 0 Å². The number of rotatable bonds is 6. The molecule has 2 aliphatic rings. The number of carbonyl (C=O) groups is 2. The van der Waals surface area contributed by atoms with Gasteiger partial charge in [0, 0.05) is 61.8 Å². The van der Waals surface area contributed by atoms with Crippen LogP contribution in [0.3, 0.4) is 0 Å². The molecule has 2 fully saturated rings. The van der Waals surface area contributed by atoms with E-state index in [4.69, 9.17) is 4.98 Å².